The maximum atomic E-state index is 5.19. The summed E-state index contributed by atoms with van der Waals surface area (Å²) in [5.41, 5.74) is 18.0. The van der Waals surface area contributed by atoms with Gasteiger partial charge in [-0.25, -0.2) is 9.50 Å². The quantitative estimate of drug-likeness (QED) is 0.129. The van der Waals surface area contributed by atoms with Crippen molar-refractivity contribution in [3.63, 3.8) is 0 Å². The molecule has 0 aliphatic heterocycles. The third kappa shape index (κ3) is 7.77. The third-order valence-electron chi connectivity index (χ3n) is 12.1. The highest BCUT2D eigenvalue weighted by molar-refractivity contribution is 6.07. The monoisotopic (exact) mass is 829 g/mol. The molecule has 0 atom stereocenters. The van der Waals surface area contributed by atoms with Crippen LogP contribution in [0, 0.1) is 0 Å². The molecule has 0 fully saturated rings. The molecule has 0 spiro atoms. The molecule has 0 aliphatic carbocycles. The Hall–Kier alpha value is -8.66. The topological polar surface area (TPSA) is 30.2 Å². The van der Waals surface area contributed by atoms with Crippen molar-refractivity contribution >= 4 is 38.7 Å². The molecule has 11 aromatic rings. The second kappa shape index (κ2) is 17.6. The van der Waals surface area contributed by atoms with Crippen molar-refractivity contribution in [2.75, 3.05) is 0 Å². The zero-order valence-electron chi connectivity index (χ0n) is 35.7. The molecule has 3 heteroatoms. The molecule has 306 valence electrons. The van der Waals surface area contributed by atoms with Gasteiger partial charge in [-0.3, -0.25) is 0 Å². The minimum Gasteiger partial charge on any atom is -0.219 e. The molecular formula is C62H43N3. The minimum absolute atomic E-state index is 0.678. The van der Waals surface area contributed by atoms with Gasteiger partial charge in [0.15, 0.2) is 11.5 Å². The van der Waals surface area contributed by atoms with Crippen molar-refractivity contribution in [2.45, 2.75) is 0 Å². The molecule has 0 saturated carbocycles. The molecule has 0 aliphatic rings. The van der Waals surface area contributed by atoms with Crippen LogP contribution in [0.2, 0.25) is 0 Å². The average molecular weight is 830 g/mol. The molecule has 65 heavy (non-hydrogen) atoms. The number of fused-ring (bicyclic) bond motifs is 3. The van der Waals surface area contributed by atoms with Gasteiger partial charge >= 0.3 is 0 Å². The van der Waals surface area contributed by atoms with E-state index >= 15 is 0 Å². The second-order valence-corrected chi connectivity index (χ2v) is 16.1. The van der Waals surface area contributed by atoms with Gasteiger partial charge in [0, 0.05) is 22.7 Å². The normalized spacial score (nSPS) is 11.1. The predicted molar refractivity (Wildman–Crippen MR) is 270 cm³/mol. The van der Waals surface area contributed by atoms with Gasteiger partial charge in [0.2, 0.25) is 0 Å². The lowest BCUT2D eigenvalue weighted by Gasteiger charge is -2.18. The first kappa shape index (κ1) is 39.2. The zero-order chi connectivity index (χ0) is 43.4. The molecule has 3 nitrogen and oxygen atoms in total. The number of rotatable bonds is 10. The van der Waals surface area contributed by atoms with E-state index in [1.807, 2.05) is 4.52 Å². The molecule has 11 rings (SSSR count). The van der Waals surface area contributed by atoms with E-state index in [2.05, 4.69) is 261 Å². The van der Waals surface area contributed by atoms with Crippen molar-refractivity contribution in [3.05, 3.63) is 305 Å². The van der Waals surface area contributed by atoms with Crippen LogP contribution in [0.25, 0.3) is 61.2 Å². The molecule has 0 amide bonds. The summed E-state index contributed by atoms with van der Waals surface area (Å²) < 4.78 is 1.95. The maximum Gasteiger partial charge on any atom is 0.182 e. The predicted octanol–water partition coefficient (Wildman–Crippen LogP) is 15.2. The van der Waals surface area contributed by atoms with Crippen LogP contribution in [-0.4, -0.2) is 14.6 Å². The van der Waals surface area contributed by atoms with Crippen LogP contribution in [-0.2, 0) is 0 Å². The van der Waals surface area contributed by atoms with E-state index in [1.54, 1.807) is 0 Å². The largest absolute Gasteiger partial charge is 0.219 e. The van der Waals surface area contributed by atoms with Crippen LogP contribution in [0.4, 0.5) is 0 Å². The Labute approximate surface area is 379 Å². The van der Waals surface area contributed by atoms with Crippen molar-refractivity contribution in [1.82, 2.24) is 14.6 Å². The Kier molecular flexibility index (Phi) is 10.6. The van der Waals surface area contributed by atoms with Gasteiger partial charge in [0.1, 0.15) is 0 Å². The number of hydrogen-bond donors (Lipinski definition) is 0. The number of benzene rings is 9. The lowest BCUT2D eigenvalue weighted by Crippen LogP contribution is -1.98. The lowest BCUT2D eigenvalue weighted by molar-refractivity contribution is 0.973. The minimum atomic E-state index is 0.678. The van der Waals surface area contributed by atoms with Gasteiger partial charge < -0.3 is 0 Å². The van der Waals surface area contributed by atoms with E-state index in [-0.39, 0.29) is 0 Å². The smallest absolute Gasteiger partial charge is 0.182 e. The van der Waals surface area contributed by atoms with Crippen LogP contribution in [0.5, 0.6) is 0 Å². The summed E-state index contributed by atoms with van der Waals surface area (Å²) >= 11 is 0. The summed E-state index contributed by atoms with van der Waals surface area (Å²) in [7, 11) is 0. The summed E-state index contributed by atoms with van der Waals surface area (Å²) in [5, 5.41) is 7.32. The molecule has 0 saturated heterocycles. The van der Waals surface area contributed by atoms with Crippen LogP contribution >= 0.6 is 0 Å². The molecule has 2 heterocycles. The molecule has 0 radical (unpaired) electrons. The first-order chi connectivity index (χ1) is 32.3. The summed E-state index contributed by atoms with van der Waals surface area (Å²) in [6.45, 7) is 0. The highest BCUT2D eigenvalue weighted by atomic mass is 15.3. The Morgan fingerprint density at radius 3 is 0.923 bits per heavy atom. The van der Waals surface area contributed by atoms with Crippen LogP contribution < -0.4 is 0 Å². The fourth-order valence-electron chi connectivity index (χ4n) is 9.11. The lowest BCUT2D eigenvalue weighted by atomic mass is 9.85. The SMILES string of the molecule is c1ccc(C(=C(c2ccccc2)c2ccc(-c3nc4c5ccccc5c(-c5ccc(C(=C(c6ccccc6)c6ccccc6)c6ccccc6)cc5)cn4n3)cc2)c2ccccc2)cc1. The molecule has 9 aromatic carbocycles. The van der Waals surface area contributed by atoms with Gasteiger partial charge in [0.25, 0.3) is 0 Å². The van der Waals surface area contributed by atoms with E-state index in [4.69, 9.17) is 10.1 Å². The Bertz CT molecular complexity index is 3370. The summed E-state index contributed by atoms with van der Waals surface area (Å²) in [5.74, 6) is 0.678. The molecular weight excluding hydrogens is 787 g/mol. The Balaban J connectivity index is 1.01. The van der Waals surface area contributed by atoms with Crippen molar-refractivity contribution < 1.29 is 0 Å². The number of aromatic nitrogens is 3. The fourth-order valence-corrected chi connectivity index (χ4v) is 9.11. The number of pyridine rings is 1. The van der Waals surface area contributed by atoms with Crippen LogP contribution in [0.15, 0.2) is 261 Å². The van der Waals surface area contributed by atoms with Gasteiger partial charge in [-0.05, 0) is 77.7 Å². The number of hydrogen-bond acceptors (Lipinski definition) is 2. The summed E-state index contributed by atoms with van der Waals surface area (Å²) in [6.07, 6.45) is 2.13. The molecule has 0 bridgehead atoms. The van der Waals surface area contributed by atoms with E-state index in [0.717, 1.165) is 66.5 Å². The first-order valence-electron chi connectivity index (χ1n) is 22.1. The van der Waals surface area contributed by atoms with Crippen molar-refractivity contribution in [3.8, 4) is 22.5 Å². The Morgan fingerprint density at radius 2 is 0.569 bits per heavy atom. The van der Waals surface area contributed by atoms with E-state index in [0.29, 0.717) is 5.82 Å². The van der Waals surface area contributed by atoms with Crippen LogP contribution in [0.3, 0.4) is 0 Å². The highest BCUT2D eigenvalue weighted by Crippen LogP contribution is 2.40. The molecule has 2 aromatic heterocycles. The summed E-state index contributed by atoms with van der Waals surface area (Å²) in [6, 6.07) is 90.4. The van der Waals surface area contributed by atoms with Crippen molar-refractivity contribution in [1.29, 1.82) is 0 Å². The van der Waals surface area contributed by atoms with Gasteiger partial charge in [-0.1, -0.05) is 255 Å². The summed E-state index contributed by atoms with van der Waals surface area (Å²) in [4.78, 5) is 5.19. The van der Waals surface area contributed by atoms with E-state index in [9.17, 15) is 0 Å². The Morgan fingerprint density at radius 1 is 0.277 bits per heavy atom. The van der Waals surface area contributed by atoms with E-state index in [1.165, 1.54) is 33.4 Å². The number of nitrogens with zero attached hydrogens (tertiary/aromatic N) is 3. The van der Waals surface area contributed by atoms with Gasteiger partial charge in [-0.2, -0.15) is 0 Å². The van der Waals surface area contributed by atoms with Gasteiger partial charge in [0.05, 0.1) is 0 Å². The highest BCUT2D eigenvalue weighted by Gasteiger charge is 2.20. The molecule has 0 N–H and O–H groups in total. The maximum absolute atomic E-state index is 5.19. The van der Waals surface area contributed by atoms with Crippen LogP contribution in [0.1, 0.15) is 44.5 Å². The van der Waals surface area contributed by atoms with Crippen molar-refractivity contribution in [2.24, 2.45) is 0 Å². The first-order valence-corrected chi connectivity index (χ1v) is 22.1. The van der Waals surface area contributed by atoms with E-state index < -0.39 is 0 Å². The van der Waals surface area contributed by atoms with Gasteiger partial charge in [-0.15, -0.1) is 5.10 Å². The standard InChI is InChI=1S/C62H43N3/c1-7-21-45(22-8-1)57(46-23-9-2-10-24-46)59(49-29-15-5-16-30-49)51-37-35-44(36-38-51)56-43-65-62(55-34-20-19-33-54(55)56)63-61(64-65)53-41-39-52(40-42-53)60(50-31-17-6-18-32-50)58(47-25-11-3-12-26-47)48-27-13-4-14-28-48/h1-43H. The molecule has 0 unspecified atom stereocenters. The second-order valence-electron chi connectivity index (χ2n) is 16.1. The fraction of sp³-hybridized carbons (Fsp3) is 0. The zero-order valence-corrected chi connectivity index (χ0v) is 35.7. The third-order valence-corrected chi connectivity index (χ3v) is 12.1. The average Bonchev–Trinajstić information content (AvgIpc) is 3.83.